The number of nitrogens with two attached hydrogens (primary N) is 1. The molecule has 5 rings (SSSR count). The molecule has 1 aliphatic heterocycles. The quantitative estimate of drug-likeness (QED) is 0.325. The van der Waals surface area contributed by atoms with Gasteiger partial charge in [0.25, 0.3) is 5.91 Å². The van der Waals surface area contributed by atoms with Gasteiger partial charge in [-0.2, -0.15) is 15.7 Å². The molecule has 1 fully saturated rings. The van der Waals surface area contributed by atoms with Crippen molar-refractivity contribution < 1.29 is 18.3 Å². The van der Waals surface area contributed by atoms with Crippen LogP contribution in [0, 0.1) is 5.82 Å². The highest BCUT2D eigenvalue weighted by atomic mass is 35.5. The first-order chi connectivity index (χ1) is 16.2. The maximum Gasteiger partial charge on any atom is 0.251 e. The molecule has 7 nitrogen and oxygen atoms in total. The van der Waals surface area contributed by atoms with E-state index in [0.29, 0.717) is 27.5 Å². The van der Waals surface area contributed by atoms with Gasteiger partial charge in [0.1, 0.15) is 11.5 Å². The van der Waals surface area contributed by atoms with Crippen LogP contribution in [0.5, 0.6) is 0 Å². The Bertz CT molecular complexity index is 1390. The highest BCUT2D eigenvalue weighted by molar-refractivity contribution is 8.24. The van der Waals surface area contributed by atoms with Gasteiger partial charge in [0.05, 0.1) is 33.8 Å². The maximum atomic E-state index is 13.5. The summed E-state index contributed by atoms with van der Waals surface area (Å²) in [7, 11) is -2.78. The fourth-order valence-electron chi connectivity index (χ4n) is 4.19. The second kappa shape index (κ2) is 8.68. The van der Waals surface area contributed by atoms with E-state index in [2.05, 4.69) is 5.32 Å². The van der Waals surface area contributed by atoms with Gasteiger partial charge in [-0.05, 0) is 48.5 Å². The number of carbonyl (C=O) groups excluding carboxylic acids is 1. The molecule has 10 heteroatoms. The van der Waals surface area contributed by atoms with Gasteiger partial charge in [0.2, 0.25) is 0 Å². The number of halogens is 2. The van der Waals surface area contributed by atoms with Crippen molar-refractivity contribution >= 4 is 39.0 Å². The van der Waals surface area contributed by atoms with E-state index in [-0.39, 0.29) is 23.2 Å². The molecule has 3 aromatic carbocycles. The van der Waals surface area contributed by atoms with Crippen LogP contribution in [-0.4, -0.2) is 48.4 Å². The maximum absolute atomic E-state index is 13.5. The molecule has 0 spiro atoms. The number of hydrogen-bond donors (Lipinski definition) is 4. The number of benzene rings is 3. The van der Waals surface area contributed by atoms with E-state index in [9.17, 15) is 18.3 Å². The zero-order chi connectivity index (χ0) is 24.0. The fourth-order valence-corrected chi connectivity index (χ4v) is 6.31. The van der Waals surface area contributed by atoms with Gasteiger partial charge in [-0.3, -0.25) is 13.9 Å². The van der Waals surface area contributed by atoms with E-state index in [0.717, 1.165) is 10.9 Å². The average molecular weight is 501 g/mol. The van der Waals surface area contributed by atoms with Crippen molar-refractivity contribution in [2.24, 2.45) is 5.73 Å². The molecule has 2 heterocycles. The van der Waals surface area contributed by atoms with Crippen molar-refractivity contribution in [2.45, 2.75) is 12.1 Å². The Morgan fingerprint density at radius 2 is 1.85 bits per heavy atom. The molecule has 0 bridgehead atoms. The first kappa shape index (κ1) is 22.8. The molecule has 0 saturated carbocycles. The normalized spacial score (nSPS) is 20.4. The molecule has 1 amide bonds. The fraction of sp³-hybridized carbons (Fsp3) is 0.167. The second-order valence-corrected chi connectivity index (χ2v) is 11.0. The summed E-state index contributed by atoms with van der Waals surface area (Å²) in [5, 5.41) is 8.86. The largest absolute Gasteiger partial charge is 0.346 e. The lowest BCUT2D eigenvalue weighted by atomic mass is 10.1. The van der Waals surface area contributed by atoms with Gasteiger partial charge in [0, 0.05) is 22.6 Å². The van der Waals surface area contributed by atoms with Crippen molar-refractivity contribution in [3.63, 3.8) is 0 Å². The van der Waals surface area contributed by atoms with Gasteiger partial charge in [-0.15, -0.1) is 0 Å². The van der Waals surface area contributed by atoms with E-state index >= 15 is 0 Å². The third kappa shape index (κ3) is 4.28. The van der Waals surface area contributed by atoms with E-state index in [4.69, 9.17) is 22.4 Å². The zero-order valence-corrected chi connectivity index (χ0v) is 19.4. The second-order valence-electron chi connectivity index (χ2n) is 8.33. The molecule has 176 valence electrons. The molecule has 1 aromatic heterocycles. The van der Waals surface area contributed by atoms with Crippen LogP contribution in [0.2, 0.25) is 5.02 Å². The van der Waals surface area contributed by atoms with Gasteiger partial charge in [-0.1, -0.05) is 29.8 Å². The van der Waals surface area contributed by atoms with Crippen LogP contribution in [0.25, 0.3) is 27.8 Å². The Morgan fingerprint density at radius 3 is 2.53 bits per heavy atom. The van der Waals surface area contributed by atoms with Gasteiger partial charge in [-0.25, -0.2) is 9.07 Å². The molecule has 1 saturated heterocycles. The van der Waals surface area contributed by atoms with Crippen LogP contribution >= 0.6 is 22.2 Å². The molecular formula is C24H22ClFN4O3S. The molecule has 1 aliphatic rings. The number of fused-ring (bicyclic) bond motifs is 1. The number of aromatic nitrogens is 2. The summed E-state index contributed by atoms with van der Waals surface area (Å²) in [4.78, 5) is 13.0. The third-order valence-electron chi connectivity index (χ3n) is 5.88. The van der Waals surface area contributed by atoms with E-state index in [1.807, 2.05) is 18.2 Å². The van der Waals surface area contributed by atoms with Crippen LogP contribution in [-0.2, 0) is 0 Å². The summed E-state index contributed by atoms with van der Waals surface area (Å²) in [6, 6.07) is 17.3. The van der Waals surface area contributed by atoms with Gasteiger partial charge in [0.15, 0.2) is 0 Å². The Balaban J connectivity index is 1.59. The van der Waals surface area contributed by atoms with E-state index < -0.39 is 22.7 Å². The number of nitrogens with zero attached hydrogens (tertiary/aromatic N) is 2. The van der Waals surface area contributed by atoms with Gasteiger partial charge >= 0.3 is 0 Å². The Morgan fingerprint density at radius 1 is 1.12 bits per heavy atom. The minimum Gasteiger partial charge on any atom is -0.346 e. The zero-order valence-electron chi connectivity index (χ0n) is 17.9. The molecule has 2 atom stereocenters. The summed E-state index contributed by atoms with van der Waals surface area (Å²) >= 11 is 6.44. The van der Waals surface area contributed by atoms with Crippen LogP contribution in [0.4, 0.5) is 4.39 Å². The Hall–Kier alpha value is -2.95. The lowest BCUT2D eigenvalue weighted by Gasteiger charge is -2.25. The summed E-state index contributed by atoms with van der Waals surface area (Å²) in [6.07, 6.45) is 0. The highest BCUT2D eigenvalue weighted by Crippen LogP contribution is 2.45. The van der Waals surface area contributed by atoms with E-state index in [1.165, 1.54) is 12.1 Å². The average Bonchev–Trinajstić information content (AvgIpc) is 3.30. The van der Waals surface area contributed by atoms with Gasteiger partial charge < -0.3 is 11.1 Å². The monoisotopic (exact) mass is 500 g/mol. The standard InChI is InChI=1S/C24H22ClFN4O3S/c25-19-4-2-1-3-17(19)23-18-10-5-14(24(31)28-21-13-34(32,33)12-20(21)27)11-22(18)30(29-23)16-8-6-15(26)7-9-16/h1-11,20-21,32-33H,12-13,27H2,(H,28,31)/t20-,21-/m0/s1. The van der Waals surface area contributed by atoms with Crippen molar-refractivity contribution in [1.82, 2.24) is 15.1 Å². The predicted octanol–water partition coefficient (Wildman–Crippen LogP) is 4.67. The first-order valence-electron chi connectivity index (χ1n) is 10.6. The van der Waals surface area contributed by atoms with Crippen molar-refractivity contribution in [2.75, 3.05) is 11.5 Å². The molecule has 34 heavy (non-hydrogen) atoms. The number of hydrogen-bond acceptors (Lipinski definition) is 5. The summed E-state index contributed by atoms with van der Waals surface area (Å²) in [5.41, 5.74) is 8.97. The SMILES string of the molecule is N[C@H]1CS(O)(O)C[C@@H]1NC(=O)c1ccc2c(-c3ccccc3Cl)nn(-c3ccc(F)cc3)c2c1. The number of amides is 1. The van der Waals surface area contributed by atoms with Crippen molar-refractivity contribution in [3.05, 3.63) is 83.1 Å². The van der Waals surface area contributed by atoms with Crippen molar-refractivity contribution in [1.29, 1.82) is 0 Å². The summed E-state index contributed by atoms with van der Waals surface area (Å²) in [6.45, 7) is 0. The van der Waals surface area contributed by atoms with E-state index in [1.54, 1.807) is 41.1 Å². The third-order valence-corrected chi connectivity index (χ3v) is 8.02. The van der Waals surface area contributed by atoms with Crippen LogP contribution < -0.4 is 11.1 Å². The number of rotatable bonds is 4. The summed E-state index contributed by atoms with van der Waals surface area (Å²) < 4.78 is 35.1. The number of nitrogens with one attached hydrogen (secondary N) is 1. The molecule has 4 aromatic rings. The smallest absolute Gasteiger partial charge is 0.251 e. The van der Waals surface area contributed by atoms with Crippen LogP contribution in [0.3, 0.4) is 0 Å². The predicted molar refractivity (Wildman–Crippen MR) is 133 cm³/mol. The highest BCUT2D eigenvalue weighted by Gasteiger charge is 2.36. The molecular weight excluding hydrogens is 479 g/mol. The minimum atomic E-state index is -2.78. The summed E-state index contributed by atoms with van der Waals surface area (Å²) in [5.74, 6) is -0.655. The lowest BCUT2D eigenvalue weighted by molar-refractivity contribution is 0.0938. The lowest BCUT2D eigenvalue weighted by Crippen LogP contribution is -2.46. The molecule has 0 aliphatic carbocycles. The molecule has 0 unspecified atom stereocenters. The molecule has 0 radical (unpaired) electrons. The van der Waals surface area contributed by atoms with Crippen LogP contribution in [0.1, 0.15) is 10.4 Å². The number of carbonyl (C=O) groups is 1. The minimum absolute atomic E-state index is 0.0340. The topological polar surface area (TPSA) is 113 Å². The first-order valence-corrected chi connectivity index (χ1v) is 12.8. The molecule has 5 N–H and O–H groups in total. The Kier molecular flexibility index (Phi) is 5.83. The Labute approximate surface area is 201 Å². The van der Waals surface area contributed by atoms with Crippen molar-refractivity contribution in [3.8, 4) is 16.9 Å². The van der Waals surface area contributed by atoms with Crippen LogP contribution in [0.15, 0.2) is 66.7 Å².